The van der Waals surface area contributed by atoms with Gasteiger partial charge in [0.15, 0.2) is 0 Å². The van der Waals surface area contributed by atoms with Gasteiger partial charge in [-0.15, -0.1) is 0 Å². The van der Waals surface area contributed by atoms with Crippen molar-refractivity contribution in [3.63, 3.8) is 0 Å². The van der Waals surface area contributed by atoms with E-state index in [0.29, 0.717) is 5.69 Å². The average molecular weight is 265 g/mol. The predicted octanol–water partition coefficient (Wildman–Crippen LogP) is -0.158. The summed E-state index contributed by atoms with van der Waals surface area (Å²) in [6.45, 7) is 1.75. The van der Waals surface area contributed by atoms with Crippen LogP contribution in [-0.4, -0.2) is 36.6 Å². The van der Waals surface area contributed by atoms with Crippen molar-refractivity contribution in [2.75, 3.05) is 18.9 Å². The Bertz CT molecular complexity index is 431. The van der Waals surface area contributed by atoms with Crippen LogP contribution < -0.4 is 16.0 Å². The van der Waals surface area contributed by atoms with Gasteiger partial charge < -0.3 is 21.1 Å². The zero-order valence-corrected chi connectivity index (χ0v) is 11.1. The summed E-state index contributed by atoms with van der Waals surface area (Å²) in [7, 11) is 1.66. The molecule has 0 aliphatic carbocycles. The lowest BCUT2D eigenvalue weighted by Gasteiger charge is -2.14. The Morgan fingerprint density at radius 1 is 1.26 bits per heavy atom. The molecule has 104 valence electrons. The maximum atomic E-state index is 11.8. The molecule has 1 aromatic rings. The Morgan fingerprint density at radius 2 is 1.89 bits per heavy atom. The van der Waals surface area contributed by atoms with Crippen molar-refractivity contribution in [3.8, 4) is 0 Å². The van der Waals surface area contributed by atoms with Crippen LogP contribution >= 0.6 is 0 Å². The molecule has 1 unspecified atom stereocenters. The smallest absolute Gasteiger partial charge is 0.246 e. The first kappa shape index (κ1) is 15.1. The SMILES string of the molecule is CNCC(=O)NC(C)C(=O)Nc1ccc(CO)cc1. The maximum Gasteiger partial charge on any atom is 0.246 e. The fraction of sp³-hybridized carbons (Fsp3) is 0.385. The van der Waals surface area contributed by atoms with Gasteiger partial charge in [-0.3, -0.25) is 9.59 Å². The zero-order valence-electron chi connectivity index (χ0n) is 11.1. The molecule has 0 heterocycles. The molecule has 6 nitrogen and oxygen atoms in total. The van der Waals surface area contributed by atoms with Gasteiger partial charge in [0, 0.05) is 5.69 Å². The lowest BCUT2D eigenvalue weighted by Crippen LogP contribution is -2.44. The number of anilines is 1. The number of aliphatic hydroxyl groups is 1. The number of hydrogen-bond donors (Lipinski definition) is 4. The predicted molar refractivity (Wildman–Crippen MR) is 72.5 cm³/mol. The molecule has 1 rings (SSSR count). The van der Waals surface area contributed by atoms with Crippen LogP contribution in [0.4, 0.5) is 5.69 Å². The maximum absolute atomic E-state index is 11.8. The van der Waals surface area contributed by atoms with E-state index in [9.17, 15) is 9.59 Å². The molecule has 0 spiro atoms. The number of carbonyl (C=O) groups is 2. The van der Waals surface area contributed by atoms with Crippen LogP contribution in [0.5, 0.6) is 0 Å². The standard InChI is InChI=1S/C13H19N3O3/c1-9(15-12(18)7-14-2)13(19)16-11-5-3-10(8-17)4-6-11/h3-6,9,14,17H,7-8H2,1-2H3,(H,15,18)(H,16,19). The molecular formula is C13H19N3O3. The van der Waals surface area contributed by atoms with E-state index in [2.05, 4.69) is 16.0 Å². The number of amides is 2. The van der Waals surface area contributed by atoms with Crippen LogP contribution in [0.1, 0.15) is 12.5 Å². The third-order valence-corrected chi connectivity index (χ3v) is 2.51. The van der Waals surface area contributed by atoms with Gasteiger partial charge >= 0.3 is 0 Å². The van der Waals surface area contributed by atoms with E-state index in [4.69, 9.17) is 5.11 Å². The van der Waals surface area contributed by atoms with Gasteiger partial charge in [0.1, 0.15) is 6.04 Å². The molecule has 0 bridgehead atoms. The second-order valence-corrected chi connectivity index (χ2v) is 4.16. The molecule has 2 amide bonds. The molecule has 0 aromatic heterocycles. The van der Waals surface area contributed by atoms with E-state index in [0.717, 1.165) is 5.56 Å². The van der Waals surface area contributed by atoms with Gasteiger partial charge in [0.2, 0.25) is 11.8 Å². The summed E-state index contributed by atoms with van der Waals surface area (Å²) in [5.74, 6) is -0.526. The molecule has 6 heteroatoms. The van der Waals surface area contributed by atoms with Crippen molar-refractivity contribution < 1.29 is 14.7 Å². The Kier molecular flexibility index (Phi) is 5.98. The Balaban J connectivity index is 2.51. The second-order valence-electron chi connectivity index (χ2n) is 4.16. The first-order valence-corrected chi connectivity index (χ1v) is 6.01. The van der Waals surface area contributed by atoms with Gasteiger partial charge in [0.05, 0.1) is 13.2 Å². The minimum atomic E-state index is -0.613. The molecule has 0 aliphatic heterocycles. The summed E-state index contributed by atoms with van der Waals surface area (Å²) in [5, 5.41) is 16.9. The number of rotatable bonds is 6. The second kappa shape index (κ2) is 7.50. The fourth-order valence-corrected chi connectivity index (χ4v) is 1.46. The minimum absolute atomic E-state index is 0.0370. The summed E-state index contributed by atoms with van der Waals surface area (Å²) in [5.41, 5.74) is 1.39. The average Bonchev–Trinajstić information content (AvgIpc) is 2.39. The van der Waals surface area contributed by atoms with Gasteiger partial charge in [-0.2, -0.15) is 0 Å². The first-order valence-electron chi connectivity index (χ1n) is 6.01. The Hall–Kier alpha value is -1.92. The molecule has 1 aromatic carbocycles. The normalized spacial score (nSPS) is 11.7. The lowest BCUT2D eigenvalue weighted by molar-refractivity contribution is -0.125. The van der Waals surface area contributed by atoms with Crippen LogP contribution in [0.15, 0.2) is 24.3 Å². The molecule has 1 atom stereocenters. The topological polar surface area (TPSA) is 90.5 Å². The van der Waals surface area contributed by atoms with Gasteiger partial charge in [-0.25, -0.2) is 0 Å². The summed E-state index contributed by atoms with van der Waals surface area (Å²) < 4.78 is 0. The highest BCUT2D eigenvalue weighted by molar-refractivity contribution is 5.97. The monoisotopic (exact) mass is 265 g/mol. The lowest BCUT2D eigenvalue weighted by atomic mass is 10.2. The Morgan fingerprint density at radius 3 is 2.42 bits per heavy atom. The number of benzene rings is 1. The molecule has 4 N–H and O–H groups in total. The van der Waals surface area contributed by atoms with E-state index >= 15 is 0 Å². The number of hydrogen-bond acceptors (Lipinski definition) is 4. The van der Waals surface area contributed by atoms with Gasteiger partial charge in [-0.1, -0.05) is 12.1 Å². The molecule has 0 saturated carbocycles. The molecule has 19 heavy (non-hydrogen) atoms. The van der Waals surface area contributed by atoms with Crippen LogP contribution in [0.3, 0.4) is 0 Å². The quantitative estimate of drug-likeness (QED) is 0.575. The van der Waals surface area contributed by atoms with Crippen LogP contribution in [0.25, 0.3) is 0 Å². The molecule has 0 radical (unpaired) electrons. The van der Waals surface area contributed by atoms with Crippen molar-refractivity contribution in [1.82, 2.24) is 10.6 Å². The molecular weight excluding hydrogens is 246 g/mol. The Labute approximate surface area is 112 Å². The van der Waals surface area contributed by atoms with Crippen molar-refractivity contribution in [2.45, 2.75) is 19.6 Å². The summed E-state index contributed by atoms with van der Waals surface area (Å²) >= 11 is 0. The summed E-state index contributed by atoms with van der Waals surface area (Å²) in [4.78, 5) is 23.1. The van der Waals surface area contributed by atoms with E-state index in [1.165, 1.54) is 0 Å². The van der Waals surface area contributed by atoms with E-state index < -0.39 is 6.04 Å². The number of carbonyl (C=O) groups excluding carboxylic acids is 2. The van der Waals surface area contributed by atoms with Crippen molar-refractivity contribution in [3.05, 3.63) is 29.8 Å². The largest absolute Gasteiger partial charge is 0.392 e. The van der Waals surface area contributed by atoms with Crippen molar-refractivity contribution in [1.29, 1.82) is 0 Å². The van der Waals surface area contributed by atoms with Crippen LogP contribution in [0.2, 0.25) is 0 Å². The fourth-order valence-electron chi connectivity index (χ4n) is 1.46. The molecule has 0 saturated heterocycles. The van der Waals surface area contributed by atoms with Crippen molar-refractivity contribution >= 4 is 17.5 Å². The zero-order chi connectivity index (χ0) is 14.3. The number of nitrogens with one attached hydrogen (secondary N) is 3. The number of aliphatic hydroxyl groups excluding tert-OH is 1. The third-order valence-electron chi connectivity index (χ3n) is 2.51. The third kappa shape index (κ3) is 5.07. The highest BCUT2D eigenvalue weighted by Crippen LogP contribution is 2.09. The molecule has 0 aliphatic rings. The number of likely N-dealkylation sites (N-methyl/N-ethyl adjacent to an activating group) is 1. The van der Waals surface area contributed by atoms with E-state index in [1.54, 1.807) is 38.2 Å². The van der Waals surface area contributed by atoms with Crippen molar-refractivity contribution in [2.24, 2.45) is 0 Å². The van der Waals surface area contributed by atoms with Crippen LogP contribution in [-0.2, 0) is 16.2 Å². The summed E-state index contributed by atoms with van der Waals surface area (Å²) in [6.07, 6.45) is 0. The van der Waals surface area contributed by atoms with E-state index in [-0.39, 0.29) is 25.0 Å². The van der Waals surface area contributed by atoms with Gasteiger partial charge in [-0.05, 0) is 31.7 Å². The minimum Gasteiger partial charge on any atom is -0.392 e. The van der Waals surface area contributed by atoms with Crippen LogP contribution in [0, 0.1) is 0 Å². The first-order chi connectivity index (χ1) is 9.06. The highest BCUT2D eigenvalue weighted by Gasteiger charge is 2.14. The molecule has 0 fully saturated rings. The summed E-state index contributed by atoms with van der Waals surface area (Å²) in [6, 6.07) is 6.23. The van der Waals surface area contributed by atoms with Gasteiger partial charge in [0.25, 0.3) is 0 Å². The highest BCUT2D eigenvalue weighted by atomic mass is 16.3. The van der Waals surface area contributed by atoms with E-state index in [1.807, 2.05) is 0 Å².